The lowest BCUT2D eigenvalue weighted by Crippen LogP contribution is -2.47. The third-order valence-electron chi connectivity index (χ3n) is 2.95. The third kappa shape index (κ3) is 1.67. The number of terminal acetylenes is 1. The molecule has 2 heterocycles. The Balaban J connectivity index is 2.55. The van der Waals surface area contributed by atoms with Gasteiger partial charge in [0.15, 0.2) is 11.8 Å². The first-order valence-corrected chi connectivity index (χ1v) is 5.25. The maximum absolute atomic E-state index is 11.6. The van der Waals surface area contributed by atoms with E-state index in [-0.39, 0.29) is 0 Å². The fourth-order valence-corrected chi connectivity index (χ4v) is 1.93. The lowest BCUT2D eigenvalue weighted by molar-refractivity contribution is -0.0714. The van der Waals surface area contributed by atoms with Crippen molar-refractivity contribution in [1.82, 2.24) is 9.55 Å². The predicted molar refractivity (Wildman–Crippen MR) is 60.7 cm³/mol. The Morgan fingerprint density at radius 2 is 2.28 bits per heavy atom. The highest BCUT2D eigenvalue weighted by atomic mass is 16.6. The fourth-order valence-electron chi connectivity index (χ4n) is 1.93. The summed E-state index contributed by atoms with van der Waals surface area (Å²) in [6.45, 7) is 1.52. The number of nitrogens with one attached hydrogen (secondary N) is 1. The molecule has 1 aromatic heterocycles. The molecule has 0 aliphatic carbocycles. The molecule has 7 heteroatoms. The van der Waals surface area contributed by atoms with E-state index >= 15 is 0 Å². The quantitative estimate of drug-likeness (QED) is 0.510. The lowest BCUT2D eigenvalue weighted by atomic mass is 9.95. The molecule has 7 nitrogen and oxygen atoms in total. The van der Waals surface area contributed by atoms with Gasteiger partial charge in [-0.15, -0.1) is 6.42 Å². The van der Waals surface area contributed by atoms with E-state index in [9.17, 15) is 19.8 Å². The largest absolute Gasteiger partial charge is 0.386 e. The van der Waals surface area contributed by atoms with Crippen molar-refractivity contribution >= 4 is 0 Å². The Kier molecular flexibility index (Phi) is 2.86. The molecule has 0 saturated carbocycles. The molecule has 4 atom stereocenters. The summed E-state index contributed by atoms with van der Waals surface area (Å²) in [4.78, 5) is 24.6. The van der Waals surface area contributed by atoms with Crippen LogP contribution in [-0.4, -0.2) is 37.6 Å². The number of H-pyrrole nitrogens is 1. The number of aliphatic hydroxyl groups excluding tert-OH is 1. The van der Waals surface area contributed by atoms with Crippen molar-refractivity contribution in [2.24, 2.45) is 0 Å². The van der Waals surface area contributed by atoms with E-state index in [0.717, 1.165) is 16.8 Å². The molecule has 0 amide bonds. The van der Waals surface area contributed by atoms with Gasteiger partial charge >= 0.3 is 5.69 Å². The Morgan fingerprint density at radius 3 is 2.83 bits per heavy atom. The second-order valence-corrected chi connectivity index (χ2v) is 4.13. The molecule has 0 aromatic carbocycles. The normalized spacial score (nSPS) is 35.3. The van der Waals surface area contributed by atoms with Crippen molar-refractivity contribution in [2.75, 3.05) is 0 Å². The highest BCUT2D eigenvalue weighted by Gasteiger charge is 2.54. The Labute approximate surface area is 102 Å². The number of hydrogen-bond donors (Lipinski definition) is 3. The second kappa shape index (κ2) is 4.10. The van der Waals surface area contributed by atoms with Crippen LogP contribution in [0.15, 0.2) is 21.9 Å². The number of aromatic nitrogens is 2. The average Bonchev–Trinajstić information content (AvgIpc) is 2.55. The van der Waals surface area contributed by atoms with E-state index in [1.165, 1.54) is 6.92 Å². The van der Waals surface area contributed by atoms with Crippen LogP contribution in [0.25, 0.3) is 0 Å². The zero-order valence-electron chi connectivity index (χ0n) is 9.53. The molecular weight excluding hydrogens is 240 g/mol. The minimum absolute atomic E-state index is 0.577. The molecule has 3 N–H and O–H groups in total. The first kappa shape index (κ1) is 12.6. The molecule has 0 radical (unpaired) electrons. The van der Waals surface area contributed by atoms with E-state index in [1.807, 2.05) is 10.9 Å². The van der Waals surface area contributed by atoms with Crippen LogP contribution in [0.4, 0.5) is 0 Å². The van der Waals surface area contributed by atoms with Crippen LogP contribution in [0, 0.1) is 12.3 Å². The van der Waals surface area contributed by atoms with Gasteiger partial charge in [0.25, 0.3) is 5.56 Å². The maximum atomic E-state index is 11.6. The smallest absolute Gasteiger partial charge is 0.330 e. The van der Waals surface area contributed by atoms with Gasteiger partial charge in [-0.25, -0.2) is 4.79 Å². The van der Waals surface area contributed by atoms with E-state index in [1.54, 1.807) is 0 Å². The van der Waals surface area contributed by atoms with Crippen LogP contribution in [0.1, 0.15) is 13.2 Å². The van der Waals surface area contributed by atoms with Gasteiger partial charge in [0.2, 0.25) is 0 Å². The van der Waals surface area contributed by atoms with Crippen LogP contribution in [0.5, 0.6) is 0 Å². The van der Waals surface area contributed by atoms with Crippen molar-refractivity contribution in [1.29, 1.82) is 0 Å². The molecule has 18 heavy (non-hydrogen) atoms. The van der Waals surface area contributed by atoms with Crippen molar-refractivity contribution in [2.45, 2.75) is 31.0 Å². The van der Waals surface area contributed by atoms with Gasteiger partial charge in [-0.1, -0.05) is 5.92 Å². The zero-order chi connectivity index (χ0) is 13.5. The summed E-state index contributed by atoms with van der Waals surface area (Å²) in [5, 5.41) is 20.0. The molecule has 2 rings (SSSR count). The van der Waals surface area contributed by atoms with Crippen molar-refractivity contribution in [3.05, 3.63) is 33.1 Å². The van der Waals surface area contributed by atoms with Crippen molar-refractivity contribution < 1.29 is 14.9 Å². The summed E-state index contributed by atoms with van der Waals surface area (Å²) >= 11 is 0. The minimum atomic E-state index is -2.03. The van der Waals surface area contributed by atoms with Crippen LogP contribution in [0.2, 0.25) is 0 Å². The number of aliphatic hydroxyl groups is 2. The van der Waals surface area contributed by atoms with Gasteiger partial charge in [0.05, 0.1) is 6.10 Å². The Bertz CT molecular complexity index is 613. The van der Waals surface area contributed by atoms with Crippen LogP contribution in [0.3, 0.4) is 0 Å². The summed E-state index contributed by atoms with van der Waals surface area (Å²) in [7, 11) is 0. The summed E-state index contributed by atoms with van der Waals surface area (Å²) in [5.41, 5.74) is -3.38. The highest BCUT2D eigenvalue weighted by molar-refractivity contribution is 5.18. The van der Waals surface area contributed by atoms with Crippen LogP contribution >= 0.6 is 0 Å². The second-order valence-electron chi connectivity index (χ2n) is 4.13. The third-order valence-corrected chi connectivity index (χ3v) is 2.95. The molecule has 1 aliphatic heterocycles. The number of nitrogens with zero attached hydrogens (tertiary/aromatic N) is 1. The molecule has 0 unspecified atom stereocenters. The SMILES string of the molecule is C#C[C@@]1(O)[C@H](O)[C@@H](C)O[C@H]1n1ccc(=O)[nH]c1=O. The number of hydrogen-bond acceptors (Lipinski definition) is 5. The van der Waals surface area contributed by atoms with Gasteiger partial charge in [0.1, 0.15) is 6.10 Å². The topological polar surface area (TPSA) is 105 Å². The number of aromatic amines is 1. The molecule has 1 aromatic rings. The van der Waals surface area contributed by atoms with Gasteiger partial charge in [-0.2, -0.15) is 0 Å². The van der Waals surface area contributed by atoms with Gasteiger partial charge in [-0.3, -0.25) is 14.3 Å². The predicted octanol–water partition coefficient (Wildman–Crippen LogP) is -1.82. The highest BCUT2D eigenvalue weighted by Crippen LogP contribution is 2.36. The van der Waals surface area contributed by atoms with E-state index < -0.39 is 35.3 Å². The van der Waals surface area contributed by atoms with Crippen molar-refractivity contribution in [3.63, 3.8) is 0 Å². The van der Waals surface area contributed by atoms with E-state index in [2.05, 4.69) is 0 Å². The first-order chi connectivity index (χ1) is 8.40. The van der Waals surface area contributed by atoms with Gasteiger partial charge in [0, 0.05) is 12.3 Å². The Hall–Kier alpha value is -1.88. The van der Waals surface area contributed by atoms with Gasteiger partial charge in [-0.05, 0) is 6.92 Å². The monoisotopic (exact) mass is 252 g/mol. The lowest BCUT2D eigenvalue weighted by Gasteiger charge is -2.26. The van der Waals surface area contributed by atoms with Gasteiger partial charge < -0.3 is 14.9 Å². The standard InChI is InChI=1S/C11H12N2O5/c1-3-11(17)8(15)6(2)18-9(11)13-5-4-7(14)12-10(13)16/h1,4-6,8-9,15,17H,2H3,(H,12,14,16)/t6-,8-,9-,11-/m1/s1. The number of rotatable bonds is 1. The molecule has 0 spiro atoms. The Morgan fingerprint density at radius 1 is 1.61 bits per heavy atom. The molecule has 0 bridgehead atoms. The van der Waals surface area contributed by atoms with Crippen LogP contribution in [-0.2, 0) is 4.74 Å². The minimum Gasteiger partial charge on any atom is -0.386 e. The van der Waals surface area contributed by atoms with Crippen LogP contribution < -0.4 is 11.2 Å². The molecule has 1 saturated heterocycles. The summed E-state index contributed by atoms with van der Waals surface area (Å²) in [5.74, 6) is 2.04. The van der Waals surface area contributed by atoms with Crippen molar-refractivity contribution in [3.8, 4) is 12.3 Å². The zero-order valence-corrected chi connectivity index (χ0v) is 9.53. The maximum Gasteiger partial charge on any atom is 0.330 e. The summed E-state index contributed by atoms with van der Waals surface area (Å²) in [6, 6.07) is 1.09. The molecule has 1 fully saturated rings. The van der Waals surface area contributed by atoms with E-state index in [4.69, 9.17) is 11.2 Å². The number of ether oxygens (including phenoxy) is 1. The first-order valence-electron chi connectivity index (χ1n) is 5.25. The summed E-state index contributed by atoms with van der Waals surface area (Å²) in [6.07, 6.45) is 3.03. The molecule has 1 aliphatic rings. The molecular formula is C11H12N2O5. The summed E-state index contributed by atoms with van der Waals surface area (Å²) < 4.78 is 6.22. The fraction of sp³-hybridized carbons (Fsp3) is 0.455. The van der Waals surface area contributed by atoms with E-state index in [0.29, 0.717) is 0 Å². The molecule has 96 valence electrons. The average molecular weight is 252 g/mol.